The largest absolute Gasteiger partial charge is 0.384 e. The summed E-state index contributed by atoms with van der Waals surface area (Å²) >= 11 is 3.36. The summed E-state index contributed by atoms with van der Waals surface area (Å²) in [4.78, 5) is 12.1. The molecule has 1 aliphatic rings. The molecule has 0 aromatic carbocycles. The van der Waals surface area contributed by atoms with Gasteiger partial charge in [0.05, 0.1) is 18.5 Å². The molecular weight excluding hydrogens is 310 g/mol. The zero-order chi connectivity index (χ0) is 13.8. The molecule has 106 valence electrons. The lowest BCUT2D eigenvalue weighted by Crippen LogP contribution is -2.26. The molecule has 1 N–H and O–H groups in total. The van der Waals surface area contributed by atoms with Crippen molar-refractivity contribution < 1.29 is 4.74 Å². The zero-order valence-corrected chi connectivity index (χ0v) is 12.9. The number of nitrogens with zero attached hydrogens (tertiary/aromatic N) is 2. The Bertz CT molecular complexity index is 485. The van der Waals surface area contributed by atoms with E-state index in [-0.39, 0.29) is 5.56 Å². The lowest BCUT2D eigenvalue weighted by molar-refractivity contribution is 0.164. The minimum absolute atomic E-state index is 0.0590. The van der Waals surface area contributed by atoms with Crippen molar-refractivity contribution >= 4 is 21.6 Å². The molecule has 0 spiro atoms. The Morgan fingerprint density at radius 1 is 1.63 bits per heavy atom. The molecule has 0 bridgehead atoms. The molecule has 1 aromatic heterocycles. The van der Waals surface area contributed by atoms with Crippen molar-refractivity contribution in [2.24, 2.45) is 11.8 Å². The quantitative estimate of drug-likeness (QED) is 0.832. The molecule has 0 amide bonds. The van der Waals surface area contributed by atoms with Gasteiger partial charge in [-0.3, -0.25) is 4.79 Å². The van der Waals surface area contributed by atoms with Crippen molar-refractivity contribution in [1.82, 2.24) is 9.78 Å². The molecule has 0 aliphatic heterocycles. The van der Waals surface area contributed by atoms with Gasteiger partial charge in [-0.2, -0.15) is 5.10 Å². The van der Waals surface area contributed by atoms with Crippen molar-refractivity contribution in [1.29, 1.82) is 0 Å². The lowest BCUT2D eigenvalue weighted by Gasteiger charge is -2.14. The van der Waals surface area contributed by atoms with E-state index in [9.17, 15) is 4.79 Å². The molecule has 6 heteroatoms. The molecular formula is C13H20BrN3O2. The zero-order valence-electron chi connectivity index (χ0n) is 11.4. The smallest absolute Gasteiger partial charge is 0.283 e. The summed E-state index contributed by atoms with van der Waals surface area (Å²) in [6.45, 7) is 4.26. The molecule has 1 aromatic rings. The van der Waals surface area contributed by atoms with E-state index >= 15 is 0 Å². The maximum atomic E-state index is 12.1. The van der Waals surface area contributed by atoms with E-state index in [0.717, 1.165) is 18.8 Å². The van der Waals surface area contributed by atoms with Crippen LogP contribution in [0.25, 0.3) is 0 Å². The maximum Gasteiger partial charge on any atom is 0.283 e. The highest BCUT2D eigenvalue weighted by Crippen LogP contribution is 2.30. The monoisotopic (exact) mass is 329 g/mol. The van der Waals surface area contributed by atoms with Crippen LogP contribution in [0.1, 0.15) is 19.8 Å². The van der Waals surface area contributed by atoms with Gasteiger partial charge in [0.1, 0.15) is 4.47 Å². The average molecular weight is 330 g/mol. The van der Waals surface area contributed by atoms with Crippen molar-refractivity contribution in [3.8, 4) is 0 Å². The molecule has 0 saturated heterocycles. The van der Waals surface area contributed by atoms with E-state index in [0.29, 0.717) is 22.9 Å². The normalized spacial score (nSPS) is 16.4. The molecule has 0 radical (unpaired) electrons. The summed E-state index contributed by atoms with van der Waals surface area (Å²) in [5.41, 5.74) is 0.691. The SMILES string of the molecule is COCC(C)CNc1cnn(CC2CC2)c(=O)c1Br. The van der Waals surface area contributed by atoms with Gasteiger partial charge in [0, 0.05) is 20.2 Å². The van der Waals surface area contributed by atoms with Gasteiger partial charge in [0.15, 0.2) is 0 Å². The van der Waals surface area contributed by atoms with Crippen molar-refractivity contribution in [3.63, 3.8) is 0 Å². The average Bonchev–Trinajstić information content (AvgIpc) is 3.18. The minimum atomic E-state index is -0.0590. The van der Waals surface area contributed by atoms with Crippen molar-refractivity contribution in [2.75, 3.05) is 25.6 Å². The molecule has 19 heavy (non-hydrogen) atoms. The van der Waals surface area contributed by atoms with Gasteiger partial charge in [0.25, 0.3) is 5.56 Å². The summed E-state index contributed by atoms with van der Waals surface area (Å²) in [7, 11) is 1.69. The second-order valence-electron chi connectivity index (χ2n) is 5.24. The number of aromatic nitrogens is 2. The first-order valence-corrected chi connectivity index (χ1v) is 7.39. The summed E-state index contributed by atoms with van der Waals surface area (Å²) in [6.07, 6.45) is 4.13. The maximum absolute atomic E-state index is 12.1. The second kappa shape index (κ2) is 6.52. The van der Waals surface area contributed by atoms with E-state index in [4.69, 9.17) is 4.74 Å². The number of hydrogen-bond donors (Lipinski definition) is 1. The van der Waals surface area contributed by atoms with Crippen molar-refractivity contribution in [3.05, 3.63) is 21.0 Å². The van der Waals surface area contributed by atoms with Gasteiger partial charge in [0.2, 0.25) is 0 Å². The van der Waals surface area contributed by atoms with Gasteiger partial charge >= 0.3 is 0 Å². The first-order valence-electron chi connectivity index (χ1n) is 6.60. The fraction of sp³-hybridized carbons (Fsp3) is 0.692. The second-order valence-corrected chi connectivity index (χ2v) is 6.04. The predicted molar refractivity (Wildman–Crippen MR) is 78.5 cm³/mol. The third-order valence-electron chi connectivity index (χ3n) is 3.21. The molecule has 1 fully saturated rings. The molecule has 5 nitrogen and oxygen atoms in total. The Morgan fingerprint density at radius 3 is 3.00 bits per heavy atom. The van der Waals surface area contributed by atoms with Crippen LogP contribution in [0.3, 0.4) is 0 Å². The van der Waals surface area contributed by atoms with Crippen LogP contribution in [0.15, 0.2) is 15.5 Å². The summed E-state index contributed by atoms with van der Waals surface area (Å²) < 4.78 is 7.19. The molecule has 1 saturated carbocycles. The first kappa shape index (κ1) is 14.5. The number of hydrogen-bond acceptors (Lipinski definition) is 4. The fourth-order valence-corrected chi connectivity index (χ4v) is 2.34. The molecule has 1 heterocycles. The Morgan fingerprint density at radius 2 is 2.37 bits per heavy atom. The Kier molecular flexibility index (Phi) is 4.99. The summed E-state index contributed by atoms with van der Waals surface area (Å²) in [5, 5.41) is 7.46. The first-order chi connectivity index (χ1) is 9.11. The van der Waals surface area contributed by atoms with Crippen LogP contribution >= 0.6 is 15.9 Å². The highest BCUT2D eigenvalue weighted by Gasteiger charge is 2.23. The minimum Gasteiger partial charge on any atom is -0.384 e. The van der Waals surface area contributed by atoms with E-state index in [1.54, 1.807) is 18.0 Å². The topological polar surface area (TPSA) is 56.1 Å². The number of rotatable bonds is 7. The van der Waals surface area contributed by atoms with E-state index in [1.165, 1.54) is 12.8 Å². The third kappa shape index (κ3) is 4.04. The highest BCUT2D eigenvalue weighted by atomic mass is 79.9. The molecule has 1 unspecified atom stereocenters. The molecule has 2 rings (SSSR count). The van der Waals surface area contributed by atoms with E-state index < -0.39 is 0 Å². The standard InChI is InChI=1S/C13H20BrN3O2/c1-9(8-19-2)5-15-11-6-16-17(7-10-3-4-10)13(18)12(11)14/h6,9-10,15H,3-5,7-8H2,1-2H3. The van der Waals surface area contributed by atoms with E-state index in [2.05, 4.69) is 33.3 Å². The Balaban J connectivity index is 2.01. The van der Waals surface area contributed by atoms with Crippen LogP contribution in [0.4, 0.5) is 5.69 Å². The van der Waals surface area contributed by atoms with Crippen LogP contribution < -0.4 is 10.9 Å². The van der Waals surface area contributed by atoms with Gasteiger partial charge in [-0.15, -0.1) is 0 Å². The van der Waals surface area contributed by atoms with Gasteiger partial charge in [-0.05, 0) is 40.6 Å². The highest BCUT2D eigenvalue weighted by molar-refractivity contribution is 9.10. The number of anilines is 1. The van der Waals surface area contributed by atoms with Crippen LogP contribution in [0, 0.1) is 11.8 Å². The molecule has 1 aliphatic carbocycles. The van der Waals surface area contributed by atoms with Gasteiger partial charge < -0.3 is 10.1 Å². The van der Waals surface area contributed by atoms with E-state index in [1.807, 2.05) is 0 Å². The third-order valence-corrected chi connectivity index (χ3v) is 3.97. The number of nitrogens with one attached hydrogen (secondary N) is 1. The van der Waals surface area contributed by atoms with Crippen LogP contribution in [0.5, 0.6) is 0 Å². The van der Waals surface area contributed by atoms with Crippen LogP contribution in [0.2, 0.25) is 0 Å². The summed E-state index contributed by atoms with van der Waals surface area (Å²) in [5.74, 6) is 1.02. The Hall–Kier alpha value is -0.880. The van der Waals surface area contributed by atoms with Gasteiger partial charge in [-0.25, -0.2) is 4.68 Å². The van der Waals surface area contributed by atoms with Crippen LogP contribution in [-0.4, -0.2) is 30.0 Å². The number of halogens is 1. The Labute approximate surface area is 121 Å². The number of methoxy groups -OCH3 is 1. The summed E-state index contributed by atoms with van der Waals surface area (Å²) in [6, 6.07) is 0. The fourth-order valence-electron chi connectivity index (χ4n) is 1.89. The van der Waals surface area contributed by atoms with Crippen molar-refractivity contribution in [2.45, 2.75) is 26.3 Å². The number of ether oxygens (including phenoxy) is 1. The lowest BCUT2D eigenvalue weighted by atomic mass is 10.2. The van der Waals surface area contributed by atoms with Gasteiger partial charge in [-0.1, -0.05) is 6.92 Å². The van der Waals surface area contributed by atoms with Crippen LogP contribution in [-0.2, 0) is 11.3 Å². The molecule has 1 atom stereocenters. The predicted octanol–water partition coefficient (Wildman–Crippen LogP) is 2.11.